The summed E-state index contributed by atoms with van der Waals surface area (Å²) in [5.74, 6) is -0.133. The first-order chi connectivity index (χ1) is 9.08. The molecule has 0 radical (unpaired) electrons. The fourth-order valence-corrected chi connectivity index (χ4v) is 1.69. The van der Waals surface area contributed by atoms with Crippen molar-refractivity contribution in [2.24, 2.45) is 5.73 Å². The molecule has 5 N–H and O–H groups in total. The summed E-state index contributed by atoms with van der Waals surface area (Å²) in [5, 5.41) is 3.08. The number of hydrogen-bond acceptors (Lipinski definition) is 5. The third-order valence-electron chi connectivity index (χ3n) is 2.76. The molecular weight excluding hydrogens is 242 g/mol. The number of aryl methyl sites for hydroxylation is 1. The normalized spacial score (nSPS) is 10.2. The first-order valence-corrected chi connectivity index (χ1v) is 5.76. The predicted octanol–water partition coefficient (Wildman–Crippen LogP) is 1.08. The highest BCUT2D eigenvalue weighted by atomic mass is 16.1. The van der Waals surface area contributed by atoms with Gasteiger partial charge in [-0.3, -0.25) is 9.78 Å². The Bertz CT molecular complexity index is 612. The summed E-state index contributed by atoms with van der Waals surface area (Å²) < 4.78 is 0. The lowest BCUT2D eigenvalue weighted by molar-refractivity contribution is 0.100. The van der Waals surface area contributed by atoms with Crippen molar-refractivity contribution >= 4 is 17.4 Å². The van der Waals surface area contributed by atoms with Crippen molar-refractivity contribution in [3.05, 3.63) is 47.4 Å². The minimum Gasteiger partial charge on any atom is -0.397 e. The summed E-state index contributed by atoms with van der Waals surface area (Å²) in [6, 6.07) is 3.42. The molecule has 6 nitrogen and oxygen atoms in total. The molecule has 2 rings (SSSR count). The van der Waals surface area contributed by atoms with E-state index in [1.54, 1.807) is 12.4 Å². The van der Waals surface area contributed by atoms with Gasteiger partial charge in [-0.2, -0.15) is 0 Å². The van der Waals surface area contributed by atoms with E-state index in [1.807, 2.05) is 13.0 Å². The maximum atomic E-state index is 11.3. The number of carbonyl (C=O) groups is 1. The molecule has 0 saturated heterocycles. The molecule has 2 aromatic heterocycles. The van der Waals surface area contributed by atoms with Crippen molar-refractivity contribution in [1.82, 2.24) is 9.97 Å². The van der Waals surface area contributed by atoms with Crippen molar-refractivity contribution in [3.63, 3.8) is 0 Å². The average Bonchev–Trinajstić information content (AvgIpc) is 2.38. The lowest BCUT2D eigenvalue weighted by atomic mass is 10.1. The van der Waals surface area contributed by atoms with Crippen molar-refractivity contribution in [2.45, 2.75) is 13.5 Å². The SMILES string of the molecule is Cc1cnccc1CNc1ncc(N)cc1C(N)=O. The van der Waals surface area contributed by atoms with Gasteiger partial charge in [0.1, 0.15) is 5.82 Å². The molecule has 0 atom stereocenters. The number of nitrogens with one attached hydrogen (secondary N) is 1. The van der Waals surface area contributed by atoms with Crippen LogP contribution in [-0.4, -0.2) is 15.9 Å². The molecule has 0 fully saturated rings. The topological polar surface area (TPSA) is 107 Å². The second-order valence-corrected chi connectivity index (χ2v) is 4.18. The number of anilines is 2. The van der Waals surface area contributed by atoms with Gasteiger partial charge in [0.15, 0.2) is 0 Å². The van der Waals surface area contributed by atoms with Crippen LogP contribution in [0.25, 0.3) is 0 Å². The highest BCUT2D eigenvalue weighted by Gasteiger charge is 2.10. The van der Waals surface area contributed by atoms with Gasteiger partial charge in [-0.15, -0.1) is 0 Å². The Morgan fingerprint density at radius 3 is 2.89 bits per heavy atom. The van der Waals surface area contributed by atoms with Crippen LogP contribution in [0.4, 0.5) is 11.5 Å². The molecule has 0 aliphatic rings. The third-order valence-corrected chi connectivity index (χ3v) is 2.76. The Morgan fingerprint density at radius 2 is 2.21 bits per heavy atom. The second kappa shape index (κ2) is 5.34. The van der Waals surface area contributed by atoms with Crippen molar-refractivity contribution in [1.29, 1.82) is 0 Å². The molecule has 1 amide bonds. The number of rotatable bonds is 4. The molecule has 2 heterocycles. The van der Waals surface area contributed by atoms with Crippen LogP contribution in [-0.2, 0) is 6.54 Å². The first kappa shape index (κ1) is 12.8. The van der Waals surface area contributed by atoms with E-state index in [2.05, 4.69) is 15.3 Å². The largest absolute Gasteiger partial charge is 0.397 e. The van der Waals surface area contributed by atoms with Crippen LogP contribution in [0.2, 0.25) is 0 Å². The summed E-state index contributed by atoms with van der Waals surface area (Å²) in [6.07, 6.45) is 4.98. The number of amides is 1. The quantitative estimate of drug-likeness (QED) is 0.759. The molecule has 0 aliphatic carbocycles. The maximum absolute atomic E-state index is 11.3. The van der Waals surface area contributed by atoms with Crippen molar-refractivity contribution in [3.8, 4) is 0 Å². The summed E-state index contributed by atoms with van der Waals surface area (Å²) in [7, 11) is 0. The van der Waals surface area contributed by atoms with E-state index in [1.165, 1.54) is 12.3 Å². The van der Waals surface area contributed by atoms with Crippen LogP contribution in [0.3, 0.4) is 0 Å². The minimum absolute atomic E-state index is 0.284. The summed E-state index contributed by atoms with van der Waals surface area (Å²) in [6.45, 7) is 2.50. The number of primary amides is 1. The summed E-state index contributed by atoms with van der Waals surface area (Å²) in [5.41, 5.74) is 13.7. The lowest BCUT2D eigenvalue weighted by Crippen LogP contribution is -2.16. The molecule has 0 saturated carbocycles. The lowest BCUT2D eigenvalue weighted by Gasteiger charge is -2.10. The average molecular weight is 257 g/mol. The number of aromatic nitrogens is 2. The minimum atomic E-state index is -0.561. The number of nitrogen functional groups attached to an aromatic ring is 1. The third kappa shape index (κ3) is 2.98. The van der Waals surface area contributed by atoms with Gasteiger partial charge in [0.25, 0.3) is 5.91 Å². The monoisotopic (exact) mass is 257 g/mol. The molecule has 0 spiro atoms. The number of pyridine rings is 2. The standard InChI is InChI=1S/C13H15N5O/c1-8-5-16-3-2-9(8)6-17-13-11(12(15)19)4-10(14)7-18-13/h2-5,7H,6,14H2,1H3,(H2,15,19)(H,17,18). The number of carbonyl (C=O) groups excluding carboxylic acids is 1. The van der Waals surface area contributed by atoms with Crippen LogP contribution >= 0.6 is 0 Å². The number of hydrogen-bond donors (Lipinski definition) is 3. The van der Waals surface area contributed by atoms with E-state index < -0.39 is 5.91 Å². The molecule has 0 bridgehead atoms. The van der Waals surface area contributed by atoms with Crippen LogP contribution in [0.15, 0.2) is 30.7 Å². The van der Waals surface area contributed by atoms with Crippen LogP contribution in [0.1, 0.15) is 21.5 Å². The van der Waals surface area contributed by atoms with Crippen LogP contribution in [0, 0.1) is 6.92 Å². The highest BCUT2D eigenvalue weighted by Crippen LogP contribution is 2.16. The van der Waals surface area contributed by atoms with Gasteiger partial charge in [0.2, 0.25) is 0 Å². The molecular formula is C13H15N5O. The Labute approximate surface area is 110 Å². The fourth-order valence-electron chi connectivity index (χ4n) is 1.69. The Kier molecular flexibility index (Phi) is 3.61. The van der Waals surface area contributed by atoms with Crippen molar-refractivity contribution < 1.29 is 4.79 Å². The zero-order chi connectivity index (χ0) is 13.8. The van der Waals surface area contributed by atoms with E-state index in [4.69, 9.17) is 11.5 Å². The first-order valence-electron chi connectivity index (χ1n) is 5.76. The smallest absolute Gasteiger partial charge is 0.252 e. The zero-order valence-electron chi connectivity index (χ0n) is 10.6. The van der Waals surface area contributed by atoms with E-state index in [9.17, 15) is 4.79 Å². The zero-order valence-corrected chi connectivity index (χ0v) is 10.6. The van der Waals surface area contributed by atoms with E-state index in [0.29, 0.717) is 18.1 Å². The van der Waals surface area contributed by atoms with Gasteiger partial charge in [-0.25, -0.2) is 4.98 Å². The molecule has 2 aromatic rings. The molecule has 6 heteroatoms. The van der Waals surface area contributed by atoms with E-state index in [-0.39, 0.29) is 5.56 Å². The second-order valence-electron chi connectivity index (χ2n) is 4.18. The summed E-state index contributed by atoms with van der Waals surface area (Å²) in [4.78, 5) is 19.4. The molecule has 0 unspecified atom stereocenters. The van der Waals surface area contributed by atoms with E-state index >= 15 is 0 Å². The van der Waals surface area contributed by atoms with Gasteiger partial charge in [-0.05, 0) is 30.2 Å². The molecule has 0 aromatic carbocycles. The van der Waals surface area contributed by atoms with Gasteiger partial charge in [-0.1, -0.05) is 0 Å². The number of nitrogens with two attached hydrogens (primary N) is 2. The van der Waals surface area contributed by atoms with Gasteiger partial charge in [0, 0.05) is 18.9 Å². The summed E-state index contributed by atoms with van der Waals surface area (Å²) >= 11 is 0. The number of nitrogens with zero attached hydrogens (tertiary/aromatic N) is 2. The van der Waals surface area contributed by atoms with Crippen LogP contribution < -0.4 is 16.8 Å². The van der Waals surface area contributed by atoms with Gasteiger partial charge >= 0.3 is 0 Å². The Balaban J connectivity index is 2.20. The molecule has 0 aliphatic heterocycles. The highest BCUT2D eigenvalue weighted by molar-refractivity contribution is 5.98. The van der Waals surface area contributed by atoms with Crippen LogP contribution in [0.5, 0.6) is 0 Å². The molecule has 19 heavy (non-hydrogen) atoms. The van der Waals surface area contributed by atoms with Crippen molar-refractivity contribution in [2.75, 3.05) is 11.1 Å². The fraction of sp³-hybridized carbons (Fsp3) is 0.154. The Hall–Kier alpha value is -2.63. The maximum Gasteiger partial charge on any atom is 0.252 e. The van der Waals surface area contributed by atoms with Gasteiger partial charge < -0.3 is 16.8 Å². The van der Waals surface area contributed by atoms with Gasteiger partial charge in [0.05, 0.1) is 17.4 Å². The Morgan fingerprint density at radius 1 is 1.42 bits per heavy atom. The molecule has 98 valence electrons. The predicted molar refractivity (Wildman–Crippen MR) is 73.5 cm³/mol. The van der Waals surface area contributed by atoms with E-state index in [0.717, 1.165) is 11.1 Å².